The molecule has 1 aromatic heterocycles. The molecule has 4 atom stereocenters. The normalized spacial score (nSPS) is 23.4. The minimum absolute atomic E-state index is 0.0778. The third kappa shape index (κ3) is 6.30. The molecule has 9 nitrogen and oxygen atoms in total. The van der Waals surface area contributed by atoms with Crippen molar-refractivity contribution in [3.8, 4) is 0 Å². The van der Waals surface area contributed by atoms with Gasteiger partial charge in [0.15, 0.2) is 5.66 Å². The van der Waals surface area contributed by atoms with E-state index < -0.39 is 29.5 Å². The van der Waals surface area contributed by atoms with Gasteiger partial charge in [-0.05, 0) is 37.2 Å². The summed E-state index contributed by atoms with van der Waals surface area (Å²) < 4.78 is 0. The maximum Gasteiger partial charge on any atom is 0.326 e. The highest BCUT2D eigenvalue weighted by atomic mass is 32.2. The highest BCUT2D eigenvalue weighted by Crippen LogP contribution is 2.34. The summed E-state index contributed by atoms with van der Waals surface area (Å²) in [6.45, 7) is 5.33. The van der Waals surface area contributed by atoms with Gasteiger partial charge in [-0.1, -0.05) is 20.3 Å². The first-order valence-electron chi connectivity index (χ1n) is 10.8. The first-order chi connectivity index (χ1) is 14.7. The third-order valence-electron chi connectivity index (χ3n) is 6.21. The molecule has 1 aliphatic heterocycles. The van der Waals surface area contributed by atoms with E-state index >= 15 is 0 Å². The summed E-state index contributed by atoms with van der Waals surface area (Å²) in [6.07, 6.45) is 7.70. The monoisotopic (exact) mass is 453 g/mol. The summed E-state index contributed by atoms with van der Waals surface area (Å²) in [6, 6.07) is -1.04. The molecule has 174 valence electrons. The largest absolute Gasteiger partial charge is 0.480 e. The van der Waals surface area contributed by atoms with Crippen molar-refractivity contribution in [1.82, 2.24) is 20.2 Å². The minimum Gasteiger partial charge on any atom is -0.480 e. The number of aliphatic carboxylic acids is 1. The van der Waals surface area contributed by atoms with Gasteiger partial charge in [-0.3, -0.25) is 14.5 Å². The lowest BCUT2D eigenvalue weighted by molar-refractivity contribution is -0.146. The number of ketones is 1. The molecular weight excluding hydrogens is 418 g/mol. The van der Waals surface area contributed by atoms with Gasteiger partial charge in [0, 0.05) is 19.3 Å². The fraction of sp³-hybridized carbons (Fsp3) is 0.714. The van der Waals surface area contributed by atoms with Gasteiger partial charge in [-0.2, -0.15) is 11.8 Å². The summed E-state index contributed by atoms with van der Waals surface area (Å²) in [5.74, 6) is -1.53. The zero-order chi connectivity index (χ0) is 23.0. The van der Waals surface area contributed by atoms with Crippen LogP contribution in [0, 0.1) is 11.8 Å². The molecular formula is C21H35N5O4S. The molecule has 2 rings (SSSR count). The molecule has 1 aromatic rings. The van der Waals surface area contributed by atoms with Crippen molar-refractivity contribution in [2.75, 3.05) is 25.1 Å². The number of amides is 1. The van der Waals surface area contributed by atoms with E-state index in [1.807, 2.05) is 11.2 Å². The van der Waals surface area contributed by atoms with Gasteiger partial charge in [0.2, 0.25) is 0 Å². The number of aromatic amines is 1. The second-order valence-corrected chi connectivity index (χ2v) is 9.29. The number of hydrogen-bond donors (Lipinski definition) is 4. The maximum atomic E-state index is 13.4. The second kappa shape index (κ2) is 11.6. The van der Waals surface area contributed by atoms with E-state index in [1.165, 1.54) is 18.1 Å². The zero-order valence-corrected chi connectivity index (χ0v) is 19.4. The van der Waals surface area contributed by atoms with Crippen molar-refractivity contribution in [2.24, 2.45) is 17.6 Å². The molecule has 2 heterocycles. The summed E-state index contributed by atoms with van der Waals surface area (Å²) in [7, 11) is 0. The molecule has 1 fully saturated rings. The van der Waals surface area contributed by atoms with Crippen LogP contribution in [-0.2, 0) is 20.8 Å². The number of Topliss-reactive ketones (excluding diaryl/α,β-unsaturated/α-hetero) is 1. The number of nitrogens with zero attached hydrogens (tertiary/aromatic N) is 2. The van der Waals surface area contributed by atoms with E-state index in [0.717, 1.165) is 12.8 Å². The number of thioether (sulfide) groups is 1. The standard InChI is InChI=1S/C21H35N5O4S/c1-4-14(2)5-8-26-9-6-16(18(27)11-15-12-23-13-24-15)21(26,22)20(30)25-17(19(28)29)7-10-31-3/h12-14,16-17H,4-11,22H2,1-3H3,(H,23,24)(H,25,30)(H,28,29)/t14?,16-,17+,21+/m1/s1. The number of H-pyrrole nitrogens is 1. The van der Waals surface area contributed by atoms with Crippen LogP contribution in [0.4, 0.5) is 0 Å². The van der Waals surface area contributed by atoms with Gasteiger partial charge in [0.25, 0.3) is 5.91 Å². The van der Waals surface area contributed by atoms with Crippen LogP contribution in [0.2, 0.25) is 0 Å². The van der Waals surface area contributed by atoms with E-state index in [1.54, 1.807) is 6.20 Å². The molecule has 1 amide bonds. The Morgan fingerprint density at radius 3 is 2.77 bits per heavy atom. The number of carboxylic acids is 1. The average molecular weight is 454 g/mol. The molecule has 31 heavy (non-hydrogen) atoms. The van der Waals surface area contributed by atoms with Gasteiger partial charge in [-0.15, -0.1) is 0 Å². The molecule has 5 N–H and O–H groups in total. The summed E-state index contributed by atoms with van der Waals surface area (Å²) in [4.78, 5) is 46.9. The zero-order valence-electron chi connectivity index (χ0n) is 18.6. The van der Waals surface area contributed by atoms with Gasteiger partial charge < -0.3 is 21.1 Å². The van der Waals surface area contributed by atoms with Crippen molar-refractivity contribution in [1.29, 1.82) is 0 Å². The van der Waals surface area contributed by atoms with Crippen LogP contribution in [0.15, 0.2) is 12.5 Å². The van der Waals surface area contributed by atoms with E-state index in [4.69, 9.17) is 5.73 Å². The van der Waals surface area contributed by atoms with Crippen LogP contribution in [0.5, 0.6) is 0 Å². The van der Waals surface area contributed by atoms with Crippen LogP contribution < -0.4 is 11.1 Å². The predicted octanol–water partition coefficient (Wildman–Crippen LogP) is 1.26. The highest BCUT2D eigenvalue weighted by Gasteiger charge is 2.54. The Bertz CT molecular complexity index is 744. The Morgan fingerprint density at radius 2 is 2.19 bits per heavy atom. The van der Waals surface area contributed by atoms with Gasteiger partial charge in [-0.25, -0.2) is 9.78 Å². The molecule has 10 heteroatoms. The maximum absolute atomic E-state index is 13.4. The third-order valence-corrected chi connectivity index (χ3v) is 6.85. The van der Waals surface area contributed by atoms with E-state index in [2.05, 4.69) is 29.1 Å². The highest BCUT2D eigenvalue weighted by molar-refractivity contribution is 7.98. The number of hydrogen-bond acceptors (Lipinski definition) is 7. The molecule has 1 unspecified atom stereocenters. The lowest BCUT2D eigenvalue weighted by Crippen LogP contribution is -2.68. The van der Waals surface area contributed by atoms with Crippen LogP contribution in [0.1, 0.15) is 45.2 Å². The number of carbonyl (C=O) groups excluding carboxylic acids is 2. The number of carbonyl (C=O) groups is 3. The Balaban J connectivity index is 2.24. The Labute approximate surface area is 187 Å². The Kier molecular flexibility index (Phi) is 9.52. The van der Waals surface area contributed by atoms with Crippen molar-refractivity contribution in [2.45, 2.75) is 57.7 Å². The smallest absolute Gasteiger partial charge is 0.326 e. The summed E-state index contributed by atoms with van der Waals surface area (Å²) in [5.41, 5.74) is 5.71. The number of carboxylic acid groups (broad SMARTS) is 1. The van der Waals surface area contributed by atoms with Crippen LogP contribution in [-0.4, -0.2) is 74.4 Å². The second-order valence-electron chi connectivity index (χ2n) is 8.31. The number of nitrogens with two attached hydrogens (primary N) is 1. The topological polar surface area (TPSA) is 141 Å². The number of imidazole rings is 1. The molecule has 0 saturated carbocycles. The van der Waals surface area contributed by atoms with Crippen LogP contribution in [0.25, 0.3) is 0 Å². The van der Waals surface area contributed by atoms with Crippen LogP contribution >= 0.6 is 11.8 Å². The molecule has 0 aliphatic carbocycles. The van der Waals surface area contributed by atoms with Crippen molar-refractivity contribution >= 4 is 29.4 Å². The Morgan fingerprint density at radius 1 is 1.45 bits per heavy atom. The SMILES string of the molecule is CCC(C)CCN1CC[C@H](C(=O)Cc2c[nH]cn2)[C@@]1(N)C(=O)N[C@@H](CCSC)C(=O)O. The first kappa shape index (κ1) is 25.4. The molecule has 0 aromatic carbocycles. The Hall–Kier alpha value is -1.91. The molecule has 1 aliphatic rings. The summed E-state index contributed by atoms with van der Waals surface area (Å²) >= 11 is 1.51. The number of nitrogens with one attached hydrogen (secondary N) is 2. The number of likely N-dealkylation sites (tertiary alicyclic amines) is 1. The number of rotatable bonds is 13. The van der Waals surface area contributed by atoms with Gasteiger partial charge >= 0.3 is 5.97 Å². The first-order valence-corrected chi connectivity index (χ1v) is 12.2. The fourth-order valence-electron chi connectivity index (χ4n) is 3.95. The van der Waals surface area contributed by atoms with E-state index in [0.29, 0.717) is 36.9 Å². The lowest BCUT2D eigenvalue weighted by atomic mass is 9.86. The lowest BCUT2D eigenvalue weighted by Gasteiger charge is -2.38. The average Bonchev–Trinajstić information content (AvgIpc) is 3.36. The number of aromatic nitrogens is 2. The molecule has 1 saturated heterocycles. The molecule has 0 spiro atoms. The minimum atomic E-state index is -1.58. The van der Waals surface area contributed by atoms with Crippen molar-refractivity contribution in [3.05, 3.63) is 18.2 Å². The van der Waals surface area contributed by atoms with Gasteiger partial charge in [0.05, 0.1) is 24.4 Å². The summed E-state index contributed by atoms with van der Waals surface area (Å²) in [5, 5.41) is 12.2. The van der Waals surface area contributed by atoms with Crippen molar-refractivity contribution in [3.63, 3.8) is 0 Å². The van der Waals surface area contributed by atoms with Crippen LogP contribution in [0.3, 0.4) is 0 Å². The molecule has 0 bridgehead atoms. The van der Waals surface area contributed by atoms with Crippen molar-refractivity contribution < 1.29 is 19.5 Å². The van der Waals surface area contributed by atoms with E-state index in [-0.39, 0.29) is 18.6 Å². The van der Waals surface area contributed by atoms with E-state index in [9.17, 15) is 19.5 Å². The van der Waals surface area contributed by atoms with Gasteiger partial charge in [0.1, 0.15) is 11.8 Å². The fourth-order valence-corrected chi connectivity index (χ4v) is 4.42. The molecule has 0 radical (unpaired) electrons. The quantitative estimate of drug-likeness (QED) is 0.350. The predicted molar refractivity (Wildman–Crippen MR) is 121 cm³/mol.